The molecule has 122 valence electrons. The number of amides is 1. The molecule has 0 spiro atoms. The van der Waals surface area contributed by atoms with Gasteiger partial charge in [-0.05, 0) is 55.1 Å². The van der Waals surface area contributed by atoms with E-state index in [-0.39, 0.29) is 18.6 Å². The van der Waals surface area contributed by atoms with Crippen molar-refractivity contribution in [3.05, 3.63) is 35.4 Å². The zero-order valence-electron chi connectivity index (χ0n) is 13.8. The third kappa shape index (κ3) is 5.45. The summed E-state index contributed by atoms with van der Waals surface area (Å²) in [5.74, 6) is 1.20. The van der Waals surface area contributed by atoms with Crippen LogP contribution in [0, 0.1) is 11.8 Å². The number of benzene rings is 1. The van der Waals surface area contributed by atoms with Crippen LogP contribution in [0.3, 0.4) is 0 Å². The second-order valence-corrected chi connectivity index (χ2v) is 7.06. The van der Waals surface area contributed by atoms with Gasteiger partial charge in [0.25, 0.3) is 0 Å². The molecule has 1 fully saturated rings. The fourth-order valence-corrected chi connectivity index (χ4v) is 3.22. The quantitative estimate of drug-likeness (QED) is 0.848. The summed E-state index contributed by atoms with van der Waals surface area (Å²) in [5.41, 5.74) is 2.41. The largest absolute Gasteiger partial charge is 0.396 e. The van der Waals surface area contributed by atoms with Crippen molar-refractivity contribution in [2.75, 3.05) is 6.61 Å². The molecule has 0 radical (unpaired) electrons. The Hall–Kier alpha value is -1.35. The Balaban J connectivity index is 1.77. The minimum Gasteiger partial charge on any atom is -0.396 e. The van der Waals surface area contributed by atoms with E-state index in [9.17, 15) is 4.79 Å². The highest BCUT2D eigenvalue weighted by Crippen LogP contribution is 2.23. The molecule has 1 aromatic rings. The molecule has 2 N–H and O–H groups in total. The monoisotopic (exact) mass is 303 g/mol. The van der Waals surface area contributed by atoms with Gasteiger partial charge < -0.3 is 10.4 Å². The number of aliphatic hydroxyl groups is 1. The normalized spacial score (nSPS) is 21.8. The van der Waals surface area contributed by atoms with Crippen LogP contribution in [-0.2, 0) is 17.6 Å². The van der Waals surface area contributed by atoms with Gasteiger partial charge in [-0.1, -0.05) is 38.1 Å². The summed E-state index contributed by atoms with van der Waals surface area (Å²) >= 11 is 0. The third-order valence-electron chi connectivity index (χ3n) is 4.50. The summed E-state index contributed by atoms with van der Waals surface area (Å²) in [6.07, 6.45) is 5.56. The highest BCUT2D eigenvalue weighted by Gasteiger charge is 2.21. The van der Waals surface area contributed by atoms with E-state index >= 15 is 0 Å². The van der Waals surface area contributed by atoms with E-state index in [1.54, 1.807) is 0 Å². The Bertz CT molecular complexity index is 459. The summed E-state index contributed by atoms with van der Waals surface area (Å²) in [4.78, 5) is 12.1. The van der Waals surface area contributed by atoms with Crippen molar-refractivity contribution in [3.63, 3.8) is 0 Å². The lowest BCUT2D eigenvalue weighted by atomic mass is 9.86. The predicted molar refractivity (Wildman–Crippen MR) is 89.7 cm³/mol. The average Bonchev–Trinajstić information content (AvgIpc) is 2.49. The van der Waals surface area contributed by atoms with Crippen molar-refractivity contribution < 1.29 is 9.90 Å². The Labute approximate surface area is 134 Å². The van der Waals surface area contributed by atoms with Gasteiger partial charge in [-0.15, -0.1) is 0 Å². The molecule has 0 aliphatic heterocycles. The molecular weight excluding hydrogens is 274 g/mol. The number of hydrogen-bond acceptors (Lipinski definition) is 2. The summed E-state index contributed by atoms with van der Waals surface area (Å²) in [6.45, 7) is 4.71. The van der Waals surface area contributed by atoms with Gasteiger partial charge in [0.2, 0.25) is 5.91 Å². The molecule has 3 heteroatoms. The van der Waals surface area contributed by atoms with Crippen molar-refractivity contribution in [3.8, 4) is 0 Å². The topological polar surface area (TPSA) is 49.3 Å². The maximum Gasteiger partial charge on any atom is 0.224 e. The molecule has 0 bridgehead atoms. The smallest absolute Gasteiger partial charge is 0.224 e. The lowest BCUT2D eigenvalue weighted by molar-refractivity contribution is -0.121. The minimum absolute atomic E-state index is 0.115. The van der Waals surface area contributed by atoms with Crippen LogP contribution in [-0.4, -0.2) is 23.7 Å². The maximum absolute atomic E-state index is 12.1. The van der Waals surface area contributed by atoms with Gasteiger partial charge in [-0.3, -0.25) is 4.79 Å². The summed E-state index contributed by atoms with van der Waals surface area (Å²) < 4.78 is 0. The number of aliphatic hydroxyl groups excluding tert-OH is 1. The van der Waals surface area contributed by atoms with Gasteiger partial charge in [0.05, 0.1) is 6.42 Å². The second kappa shape index (κ2) is 8.33. The first kappa shape index (κ1) is 17.0. The Morgan fingerprint density at radius 2 is 1.73 bits per heavy atom. The zero-order valence-corrected chi connectivity index (χ0v) is 13.8. The highest BCUT2D eigenvalue weighted by molar-refractivity contribution is 5.78. The van der Waals surface area contributed by atoms with Crippen LogP contribution >= 0.6 is 0 Å². The van der Waals surface area contributed by atoms with Crippen LogP contribution in [0.25, 0.3) is 0 Å². The van der Waals surface area contributed by atoms with Crippen LogP contribution in [0.5, 0.6) is 0 Å². The Kier molecular flexibility index (Phi) is 6.44. The fourth-order valence-electron chi connectivity index (χ4n) is 3.22. The van der Waals surface area contributed by atoms with Crippen molar-refractivity contribution in [2.24, 2.45) is 11.8 Å². The zero-order chi connectivity index (χ0) is 15.9. The average molecular weight is 303 g/mol. The number of nitrogens with one attached hydrogen (secondary N) is 1. The molecule has 3 nitrogen and oxygen atoms in total. The standard InChI is InChI=1S/C19H29NO2/c1-14(2)11-15-3-5-16(6-4-15)12-19(22)20-18-9-7-17(13-21)8-10-18/h3-6,14,17-18,21H,7-13H2,1-2H3,(H,20,22). The molecule has 0 saturated heterocycles. The lowest BCUT2D eigenvalue weighted by Gasteiger charge is -2.28. The van der Waals surface area contributed by atoms with Crippen LogP contribution in [0.1, 0.15) is 50.7 Å². The van der Waals surface area contributed by atoms with Crippen molar-refractivity contribution in [1.29, 1.82) is 0 Å². The molecule has 22 heavy (non-hydrogen) atoms. The molecule has 0 heterocycles. The Morgan fingerprint density at radius 3 is 2.27 bits per heavy atom. The molecule has 0 unspecified atom stereocenters. The summed E-state index contributed by atoms with van der Waals surface area (Å²) in [7, 11) is 0. The van der Waals surface area contributed by atoms with E-state index < -0.39 is 0 Å². The highest BCUT2D eigenvalue weighted by atomic mass is 16.3. The molecular formula is C19H29NO2. The molecule has 2 rings (SSSR count). The van der Waals surface area contributed by atoms with E-state index in [0.717, 1.165) is 37.7 Å². The van der Waals surface area contributed by atoms with E-state index in [1.807, 2.05) is 0 Å². The van der Waals surface area contributed by atoms with Gasteiger partial charge in [0, 0.05) is 12.6 Å². The van der Waals surface area contributed by atoms with Gasteiger partial charge in [-0.25, -0.2) is 0 Å². The number of carbonyl (C=O) groups excluding carboxylic acids is 1. The fraction of sp³-hybridized carbons (Fsp3) is 0.632. The predicted octanol–water partition coefficient (Wildman–Crippen LogP) is 3.09. The van der Waals surface area contributed by atoms with Crippen molar-refractivity contribution in [2.45, 2.75) is 58.4 Å². The molecule has 1 amide bonds. The van der Waals surface area contributed by atoms with E-state index in [0.29, 0.717) is 18.3 Å². The number of rotatable bonds is 6. The first-order chi connectivity index (χ1) is 10.6. The summed E-state index contributed by atoms with van der Waals surface area (Å²) in [6, 6.07) is 8.69. The first-order valence-electron chi connectivity index (χ1n) is 8.55. The van der Waals surface area contributed by atoms with E-state index in [2.05, 4.69) is 43.4 Å². The van der Waals surface area contributed by atoms with Gasteiger partial charge >= 0.3 is 0 Å². The molecule has 1 aliphatic carbocycles. The Morgan fingerprint density at radius 1 is 1.14 bits per heavy atom. The molecule has 1 saturated carbocycles. The molecule has 0 atom stereocenters. The third-order valence-corrected chi connectivity index (χ3v) is 4.50. The maximum atomic E-state index is 12.1. The number of hydrogen-bond donors (Lipinski definition) is 2. The van der Waals surface area contributed by atoms with Gasteiger partial charge in [-0.2, -0.15) is 0 Å². The van der Waals surface area contributed by atoms with Crippen LogP contribution < -0.4 is 5.32 Å². The van der Waals surface area contributed by atoms with Gasteiger partial charge in [0.1, 0.15) is 0 Å². The van der Waals surface area contributed by atoms with Crippen molar-refractivity contribution in [1.82, 2.24) is 5.32 Å². The van der Waals surface area contributed by atoms with Crippen LogP contribution in [0.4, 0.5) is 0 Å². The molecule has 0 aromatic heterocycles. The second-order valence-electron chi connectivity index (χ2n) is 7.06. The van der Waals surface area contributed by atoms with Crippen molar-refractivity contribution >= 4 is 5.91 Å². The first-order valence-corrected chi connectivity index (χ1v) is 8.55. The SMILES string of the molecule is CC(C)Cc1ccc(CC(=O)NC2CCC(CO)CC2)cc1. The van der Waals surface area contributed by atoms with E-state index in [4.69, 9.17) is 5.11 Å². The summed E-state index contributed by atoms with van der Waals surface area (Å²) in [5, 5.41) is 12.3. The minimum atomic E-state index is 0.115. The lowest BCUT2D eigenvalue weighted by Crippen LogP contribution is -2.38. The van der Waals surface area contributed by atoms with Gasteiger partial charge in [0.15, 0.2) is 0 Å². The number of carbonyl (C=O) groups is 1. The molecule has 1 aliphatic rings. The van der Waals surface area contributed by atoms with Crippen LogP contribution in [0.2, 0.25) is 0 Å². The molecule has 1 aromatic carbocycles. The van der Waals surface area contributed by atoms with Crippen LogP contribution in [0.15, 0.2) is 24.3 Å². The van der Waals surface area contributed by atoms with E-state index in [1.165, 1.54) is 5.56 Å².